The van der Waals surface area contributed by atoms with E-state index in [1.165, 1.54) is 17.6 Å². The molecule has 0 aliphatic carbocycles. The summed E-state index contributed by atoms with van der Waals surface area (Å²) in [6, 6.07) is 20.9. The number of fused-ring (bicyclic) bond motifs is 3. The van der Waals surface area contributed by atoms with Gasteiger partial charge in [-0.15, -0.1) is 0 Å². The van der Waals surface area contributed by atoms with Crippen LogP contribution in [-0.4, -0.2) is 4.98 Å². The van der Waals surface area contributed by atoms with Crippen molar-refractivity contribution in [1.29, 1.82) is 0 Å². The summed E-state index contributed by atoms with van der Waals surface area (Å²) in [5.41, 5.74) is 8.56. The second-order valence-electron chi connectivity index (χ2n) is 6.67. The summed E-state index contributed by atoms with van der Waals surface area (Å²) >= 11 is 1.30. The highest BCUT2D eigenvalue weighted by molar-refractivity contribution is 7.22. The largest absolute Gasteiger partial charge is 0.464 e. The van der Waals surface area contributed by atoms with Crippen LogP contribution in [0.15, 0.2) is 82.2 Å². The van der Waals surface area contributed by atoms with Crippen molar-refractivity contribution >= 4 is 37.7 Å². The van der Waals surface area contributed by atoms with Crippen LogP contribution >= 0.6 is 11.3 Å². The van der Waals surface area contributed by atoms with E-state index in [0.717, 1.165) is 21.8 Å². The van der Waals surface area contributed by atoms with Gasteiger partial charge in [-0.05, 0) is 42.0 Å². The molecule has 5 aromatic rings. The summed E-state index contributed by atoms with van der Waals surface area (Å²) in [7, 11) is 0. The third kappa shape index (κ3) is 3.34. The minimum Gasteiger partial charge on any atom is -0.464 e. The molecule has 0 atom stereocenters. The number of anilines is 1. The molecular formula is C23H16N2O3S. The third-order valence-corrected chi connectivity index (χ3v) is 5.57. The second-order valence-corrected chi connectivity index (χ2v) is 7.70. The van der Waals surface area contributed by atoms with Crippen molar-refractivity contribution < 1.29 is 9.15 Å². The van der Waals surface area contributed by atoms with Crippen LogP contribution in [0, 0.1) is 0 Å². The van der Waals surface area contributed by atoms with Gasteiger partial charge in [0.05, 0.1) is 21.9 Å². The Labute approximate surface area is 170 Å². The number of rotatable bonds is 4. The summed E-state index contributed by atoms with van der Waals surface area (Å²) in [6.07, 6.45) is 1.97. The molecule has 29 heavy (non-hydrogen) atoms. The van der Waals surface area contributed by atoms with E-state index in [1.807, 2.05) is 60.7 Å². The first-order valence-corrected chi connectivity index (χ1v) is 9.90. The fourth-order valence-electron chi connectivity index (χ4n) is 3.34. The van der Waals surface area contributed by atoms with Crippen LogP contribution < -0.4 is 15.9 Å². The average Bonchev–Trinajstić information content (AvgIpc) is 3.11. The minimum absolute atomic E-state index is 0.0603. The van der Waals surface area contributed by atoms with Gasteiger partial charge in [-0.1, -0.05) is 41.7 Å². The third-order valence-electron chi connectivity index (χ3n) is 4.65. The Morgan fingerprint density at radius 1 is 1.00 bits per heavy atom. The number of nitrogens with two attached hydrogens (primary N) is 1. The van der Waals surface area contributed by atoms with Crippen molar-refractivity contribution in [2.75, 3.05) is 5.73 Å². The zero-order valence-electron chi connectivity index (χ0n) is 15.3. The zero-order chi connectivity index (χ0) is 19.8. The first-order chi connectivity index (χ1) is 14.2. The molecule has 0 saturated carbocycles. The topological polar surface area (TPSA) is 78.3 Å². The smallest absolute Gasteiger partial charge is 0.197 e. The van der Waals surface area contributed by atoms with E-state index in [4.69, 9.17) is 14.9 Å². The molecule has 0 saturated heterocycles. The zero-order valence-corrected chi connectivity index (χ0v) is 16.1. The molecule has 2 heterocycles. The van der Waals surface area contributed by atoms with Gasteiger partial charge in [0.2, 0.25) is 0 Å². The van der Waals surface area contributed by atoms with Gasteiger partial charge in [-0.25, -0.2) is 4.98 Å². The van der Waals surface area contributed by atoms with E-state index < -0.39 is 0 Å². The molecule has 2 aromatic heterocycles. The Morgan fingerprint density at radius 3 is 2.69 bits per heavy atom. The lowest BCUT2D eigenvalue weighted by molar-refractivity contribution is 0.482. The summed E-state index contributed by atoms with van der Waals surface area (Å²) in [5, 5.41) is 0.967. The molecule has 0 bridgehead atoms. The van der Waals surface area contributed by atoms with Crippen LogP contribution in [0.5, 0.6) is 11.5 Å². The molecule has 0 aliphatic rings. The van der Waals surface area contributed by atoms with E-state index in [0.29, 0.717) is 33.6 Å². The van der Waals surface area contributed by atoms with Crippen molar-refractivity contribution in [3.05, 3.63) is 94.3 Å². The van der Waals surface area contributed by atoms with Gasteiger partial charge in [-0.3, -0.25) is 4.79 Å². The van der Waals surface area contributed by atoms with Crippen molar-refractivity contribution in [3.8, 4) is 11.5 Å². The van der Waals surface area contributed by atoms with Crippen LogP contribution in [0.3, 0.4) is 0 Å². The normalized spacial score (nSPS) is 11.2. The molecule has 0 spiro atoms. The molecule has 2 N–H and O–H groups in total. The van der Waals surface area contributed by atoms with Gasteiger partial charge < -0.3 is 14.9 Å². The number of aromatic nitrogens is 1. The van der Waals surface area contributed by atoms with Gasteiger partial charge in [0, 0.05) is 12.0 Å². The van der Waals surface area contributed by atoms with Crippen LogP contribution in [0.2, 0.25) is 0 Å². The number of benzene rings is 3. The number of hydrogen-bond donors (Lipinski definition) is 1. The van der Waals surface area contributed by atoms with Gasteiger partial charge in [0.25, 0.3) is 0 Å². The Bertz CT molecular complexity index is 1390. The summed E-state index contributed by atoms with van der Waals surface area (Å²) in [6.45, 7) is 0. The predicted molar refractivity (Wildman–Crippen MR) is 116 cm³/mol. The van der Waals surface area contributed by atoms with E-state index in [1.54, 1.807) is 6.07 Å². The summed E-state index contributed by atoms with van der Waals surface area (Å²) in [5.74, 6) is 1.48. The molecule has 0 fully saturated rings. The molecule has 142 valence electrons. The lowest BCUT2D eigenvalue weighted by atomic mass is 10.0. The van der Waals surface area contributed by atoms with E-state index in [9.17, 15) is 4.79 Å². The van der Waals surface area contributed by atoms with Crippen molar-refractivity contribution in [2.45, 2.75) is 6.42 Å². The van der Waals surface area contributed by atoms with Gasteiger partial charge in [0.15, 0.2) is 10.6 Å². The molecule has 0 aliphatic heterocycles. The van der Waals surface area contributed by atoms with Crippen molar-refractivity contribution in [1.82, 2.24) is 4.98 Å². The fraction of sp³-hybridized carbons (Fsp3) is 0.0435. The van der Waals surface area contributed by atoms with Gasteiger partial charge in [0.1, 0.15) is 17.1 Å². The molecule has 6 heteroatoms. The van der Waals surface area contributed by atoms with E-state index in [2.05, 4.69) is 4.98 Å². The lowest BCUT2D eigenvalue weighted by Gasteiger charge is -2.08. The average molecular weight is 400 g/mol. The lowest BCUT2D eigenvalue weighted by Crippen LogP contribution is -2.09. The molecule has 0 amide bonds. The number of para-hydroxylation sites is 1. The Balaban J connectivity index is 1.52. The maximum absolute atomic E-state index is 13.2. The molecule has 5 nitrogen and oxygen atoms in total. The highest BCUT2D eigenvalue weighted by atomic mass is 32.1. The summed E-state index contributed by atoms with van der Waals surface area (Å²) in [4.78, 5) is 17.4. The standard InChI is InChI=1S/C23H16N2O3S/c24-23-25-18-9-10-19-20(22(18)29-23)21(26)15(13-27-19)11-14-5-4-8-17(12-14)28-16-6-2-1-3-7-16/h1-10,12-13H,11H2,(H2,24,25). The number of nitrogen functional groups attached to an aromatic ring is 1. The number of ether oxygens (including phenoxy) is 1. The minimum atomic E-state index is -0.0603. The van der Waals surface area contributed by atoms with Crippen LogP contribution in [-0.2, 0) is 6.42 Å². The van der Waals surface area contributed by atoms with Crippen molar-refractivity contribution in [3.63, 3.8) is 0 Å². The second kappa shape index (κ2) is 7.07. The highest BCUT2D eigenvalue weighted by Crippen LogP contribution is 2.30. The number of hydrogen-bond acceptors (Lipinski definition) is 6. The van der Waals surface area contributed by atoms with E-state index in [-0.39, 0.29) is 5.43 Å². The molecular weight excluding hydrogens is 384 g/mol. The monoisotopic (exact) mass is 400 g/mol. The summed E-state index contributed by atoms with van der Waals surface area (Å²) < 4.78 is 12.4. The first-order valence-electron chi connectivity index (χ1n) is 9.08. The highest BCUT2D eigenvalue weighted by Gasteiger charge is 2.14. The molecule has 5 rings (SSSR count). The Hall–Kier alpha value is -3.64. The Morgan fingerprint density at radius 2 is 1.83 bits per heavy atom. The Kier molecular flexibility index (Phi) is 4.26. The van der Waals surface area contributed by atoms with Crippen LogP contribution in [0.4, 0.5) is 5.13 Å². The maximum Gasteiger partial charge on any atom is 0.197 e. The number of nitrogens with zero attached hydrogens (tertiary/aromatic N) is 1. The predicted octanol–water partition coefficient (Wildman–Crippen LogP) is 5.37. The van der Waals surface area contributed by atoms with Crippen LogP contribution in [0.25, 0.3) is 21.2 Å². The fourth-order valence-corrected chi connectivity index (χ4v) is 4.21. The van der Waals surface area contributed by atoms with Gasteiger partial charge in [-0.2, -0.15) is 0 Å². The molecule has 0 unspecified atom stereocenters. The van der Waals surface area contributed by atoms with Crippen LogP contribution in [0.1, 0.15) is 11.1 Å². The van der Waals surface area contributed by atoms with E-state index >= 15 is 0 Å². The maximum atomic E-state index is 13.2. The molecule has 0 radical (unpaired) electrons. The van der Waals surface area contributed by atoms with Gasteiger partial charge >= 0.3 is 0 Å². The molecule has 3 aromatic carbocycles. The number of thiazole rings is 1. The quantitative estimate of drug-likeness (QED) is 0.439. The van der Waals surface area contributed by atoms with Crippen molar-refractivity contribution in [2.24, 2.45) is 0 Å². The SMILES string of the molecule is Nc1nc2ccc3occ(Cc4cccc(Oc5ccccc5)c4)c(=O)c3c2s1. The first kappa shape index (κ1) is 17.5.